The molecule has 1 rings (SSSR count). The number of amides is 1. The first-order valence-corrected chi connectivity index (χ1v) is 6.40. The molecule has 0 fully saturated rings. The first kappa shape index (κ1) is 13.6. The number of carbonyl (C=O) groups is 1. The van der Waals surface area contributed by atoms with Gasteiger partial charge in [-0.15, -0.1) is 0 Å². The summed E-state index contributed by atoms with van der Waals surface area (Å²) in [6.45, 7) is 0.650. The van der Waals surface area contributed by atoms with E-state index in [1.165, 1.54) is 25.3 Å². The van der Waals surface area contributed by atoms with Gasteiger partial charge in [-0.25, -0.2) is 13.6 Å². The highest BCUT2D eigenvalue weighted by Gasteiger charge is 2.17. The Morgan fingerprint density at radius 1 is 1.41 bits per heavy atom. The van der Waals surface area contributed by atoms with Gasteiger partial charge in [0, 0.05) is 13.7 Å². The third-order valence-electron chi connectivity index (χ3n) is 2.03. The summed E-state index contributed by atoms with van der Waals surface area (Å²) in [6, 6.07) is 5.77. The molecule has 3 N–H and O–H groups in total. The maximum atomic E-state index is 11.7. The molecule has 0 aliphatic rings. The lowest BCUT2D eigenvalue weighted by Gasteiger charge is -2.08. The predicted octanol–water partition coefficient (Wildman–Crippen LogP) is -0.290. The maximum Gasteiger partial charge on any atom is 0.252 e. The van der Waals surface area contributed by atoms with E-state index in [9.17, 15) is 13.2 Å². The van der Waals surface area contributed by atoms with Crippen LogP contribution in [0.2, 0.25) is 0 Å². The Balaban J connectivity index is 2.94. The van der Waals surface area contributed by atoms with Crippen molar-refractivity contribution in [1.82, 2.24) is 5.32 Å². The van der Waals surface area contributed by atoms with Crippen molar-refractivity contribution in [1.29, 1.82) is 0 Å². The van der Waals surface area contributed by atoms with E-state index < -0.39 is 15.9 Å². The zero-order chi connectivity index (χ0) is 12.9. The lowest BCUT2D eigenvalue weighted by atomic mass is 10.2. The second-order valence-electron chi connectivity index (χ2n) is 3.29. The molecule has 0 radical (unpaired) electrons. The molecular formula is C10H14N2O4S. The summed E-state index contributed by atoms with van der Waals surface area (Å²) in [4.78, 5) is 11.5. The van der Waals surface area contributed by atoms with Crippen molar-refractivity contribution in [3.8, 4) is 0 Å². The number of carbonyl (C=O) groups excluding carboxylic acids is 1. The molecule has 0 heterocycles. The molecule has 0 unspecified atom stereocenters. The molecule has 6 nitrogen and oxygen atoms in total. The van der Waals surface area contributed by atoms with E-state index >= 15 is 0 Å². The number of hydrogen-bond acceptors (Lipinski definition) is 4. The molecule has 1 aromatic rings. The largest absolute Gasteiger partial charge is 0.383 e. The van der Waals surface area contributed by atoms with Crippen LogP contribution in [0.5, 0.6) is 0 Å². The molecule has 0 saturated carbocycles. The van der Waals surface area contributed by atoms with Gasteiger partial charge < -0.3 is 10.1 Å². The highest BCUT2D eigenvalue weighted by molar-refractivity contribution is 7.89. The van der Waals surface area contributed by atoms with Crippen molar-refractivity contribution < 1.29 is 17.9 Å². The number of nitrogens with one attached hydrogen (secondary N) is 1. The summed E-state index contributed by atoms with van der Waals surface area (Å²) < 4.78 is 27.3. The highest BCUT2D eigenvalue weighted by Crippen LogP contribution is 2.13. The van der Waals surface area contributed by atoms with Crippen LogP contribution in [0.1, 0.15) is 10.4 Å². The minimum absolute atomic E-state index is 0.0334. The van der Waals surface area contributed by atoms with Crippen LogP contribution in [0.4, 0.5) is 0 Å². The molecule has 0 saturated heterocycles. The summed E-state index contributed by atoms with van der Waals surface area (Å²) >= 11 is 0. The van der Waals surface area contributed by atoms with Crippen LogP contribution in [0, 0.1) is 0 Å². The second-order valence-corrected chi connectivity index (χ2v) is 4.82. The minimum atomic E-state index is -3.90. The summed E-state index contributed by atoms with van der Waals surface area (Å²) in [7, 11) is -2.40. The van der Waals surface area contributed by atoms with Gasteiger partial charge in [-0.2, -0.15) is 0 Å². The smallest absolute Gasteiger partial charge is 0.252 e. The van der Waals surface area contributed by atoms with Gasteiger partial charge in [0.2, 0.25) is 10.0 Å². The van der Waals surface area contributed by atoms with Crippen molar-refractivity contribution in [2.24, 2.45) is 5.14 Å². The average molecular weight is 258 g/mol. The standard InChI is InChI=1S/C10H14N2O4S/c1-16-7-6-12-10(13)8-4-2-3-5-9(8)17(11,14)15/h2-5H,6-7H2,1H3,(H,12,13)(H2,11,14,15). The zero-order valence-corrected chi connectivity index (χ0v) is 10.2. The number of ether oxygens (including phenoxy) is 1. The lowest BCUT2D eigenvalue weighted by molar-refractivity contribution is 0.0934. The van der Waals surface area contributed by atoms with E-state index in [2.05, 4.69) is 5.32 Å². The Kier molecular flexibility index (Phi) is 4.62. The van der Waals surface area contributed by atoms with Gasteiger partial charge in [-0.3, -0.25) is 4.79 Å². The Morgan fingerprint density at radius 2 is 2.06 bits per heavy atom. The number of benzene rings is 1. The van der Waals surface area contributed by atoms with E-state index in [1.807, 2.05) is 0 Å². The van der Waals surface area contributed by atoms with Crippen LogP contribution in [-0.2, 0) is 14.8 Å². The molecule has 0 atom stereocenters. The molecule has 7 heteroatoms. The number of rotatable bonds is 5. The number of hydrogen-bond donors (Lipinski definition) is 2. The topological polar surface area (TPSA) is 98.5 Å². The minimum Gasteiger partial charge on any atom is -0.383 e. The predicted molar refractivity (Wildman–Crippen MR) is 62.0 cm³/mol. The van der Waals surface area contributed by atoms with Gasteiger partial charge in [-0.1, -0.05) is 12.1 Å². The Labute approximate surface area is 99.8 Å². The molecule has 1 aromatic carbocycles. The van der Waals surface area contributed by atoms with Gasteiger partial charge in [-0.05, 0) is 12.1 Å². The number of nitrogens with two attached hydrogens (primary N) is 1. The molecule has 0 aliphatic heterocycles. The fourth-order valence-corrected chi connectivity index (χ4v) is 2.00. The molecule has 0 aromatic heterocycles. The van der Waals surface area contributed by atoms with Gasteiger partial charge in [0.25, 0.3) is 5.91 Å². The molecule has 0 aliphatic carbocycles. The lowest BCUT2D eigenvalue weighted by Crippen LogP contribution is -2.29. The second kappa shape index (κ2) is 5.76. The van der Waals surface area contributed by atoms with E-state index in [0.717, 1.165) is 0 Å². The van der Waals surface area contributed by atoms with E-state index in [0.29, 0.717) is 13.2 Å². The normalized spacial score (nSPS) is 11.2. The maximum absolute atomic E-state index is 11.7. The zero-order valence-electron chi connectivity index (χ0n) is 9.34. The summed E-state index contributed by atoms with van der Waals surface area (Å²) in [6.07, 6.45) is 0. The number of sulfonamides is 1. The summed E-state index contributed by atoms with van der Waals surface area (Å²) in [5.74, 6) is -0.494. The van der Waals surface area contributed by atoms with Gasteiger partial charge in [0.15, 0.2) is 0 Å². The molecule has 94 valence electrons. The Hall–Kier alpha value is -1.44. The van der Waals surface area contributed by atoms with Crippen molar-refractivity contribution in [2.75, 3.05) is 20.3 Å². The summed E-state index contributed by atoms with van der Waals surface area (Å²) in [5.41, 5.74) is 0.0334. The monoisotopic (exact) mass is 258 g/mol. The van der Waals surface area contributed by atoms with Gasteiger partial charge in [0.05, 0.1) is 17.1 Å². The number of methoxy groups -OCH3 is 1. The molecule has 0 bridgehead atoms. The molecule has 1 amide bonds. The average Bonchev–Trinajstić information content (AvgIpc) is 2.28. The van der Waals surface area contributed by atoms with Gasteiger partial charge in [0.1, 0.15) is 0 Å². The van der Waals surface area contributed by atoms with E-state index in [4.69, 9.17) is 9.88 Å². The first-order valence-electron chi connectivity index (χ1n) is 4.86. The van der Waals surface area contributed by atoms with Crippen molar-refractivity contribution in [3.63, 3.8) is 0 Å². The van der Waals surface area contributed by atoms with Crippen molar-refractivity contribution in [2.45, 2.75) is 4.90 Å². The van der Waals surface area contributed by atoms with Crippen LogP contribution in [-0.4, -0.2) is 34.6 Å². The van der Waals surface area contributed by atoms with Crippen LogP contribution >= 0.6 is 0 Å². The van der Waals surface area contributed by atoms with Crippen LogP contribution in [0.25, 0.3) is 0 Å². The van der Waals surface area contributed by atoms with Crippen LogP contribution in [0.15, 0.2) is 29.2 Å². The van der Waals surface area contributed by atoms with Crippen molar-refractivity contribution >= 4 is 15.9 Å². The third-order valence-corrected chi connectivity index (χ3v) is 3.00. The molecule has 0 spiro atoms. The highest BCUT2D eigenvalue weighted by atomic mass is 32.2. The molecular weight excluding hydrogens is 244 g/mol. The number of primary sulfonamides is 1. The van der Waals surface area contributed by atoms with Gasteiger partial charge >= 0.3 is 0 Å². The molecule has 17 heavy (non-hydrogen) atoms. The Bertz CT molecular complexity index is 499. The first-order chi connectivity index (χ1) is 7.96. The van der Waals surface area contributed by atoms with Crippen LogP contribution < -0.4 is 10.5 Å². The SMILES string of the molecule is COCCNC(=O)c1ccccc1S(N)(=O)=O. The third kappa shape index (κ3) is 3.81. The van der Waals surface area contributed by atoms with E-state index in [-0.39, 0.29) is 10.5 Å². The quantitative estimate of drug-likeness (QED) is 0.709. The fraction of sp³-hybridized carbons (Fsp3) is 0.300. The fourth-order valence-electron chi connectivity index (χ4n) is 1.26. The van der Waals surface area contributed by atoms with Crippen LogP contribution in [0.3, 0.4) is 0 Å². The summed E-state index contributed by atoms with van der Waals surface area (Å²) in [5, 5.41) is 7.55. The van der Waals surface area contributed by atoms with E-state index in [1.54, 1.807) is 6.07 Å². The Morgan fingerprint density at radius 3 is 2.65 bits per heavy atom. The van der Waals surface area contributed by atoms with Crippen molar-refractivity contribution in [3.05, 3.63) is 29.8 Å².